The average Bonchev–Trinajstić information content (AvgIpc) is 2.58. The maximum atomic E-state index is 12.5. The third kappa shape index (κ3) is 4.69. The lowest BCUT2D eigenvalue weighted by Gasteiger charge is -2.16. The van der Waals surface area contributed by atoms with Crippen LogP contribution < -0.4 is 10.6 Å². The second kappa shape index (κ2) is 8.29. The highest BCUT2D eigenvalue weighted by Crippen LogP contribution is 2.22. The fourth-order valence-electron chi connectivity index (χ4n) is 2.41. The van der Waals surface area contributed by atoms with Gasteiger partial charge in [0.2, 0.25) is 11.8 Å². The van der Waals surface area contributed by atoms with Gasteiger partial charge in [0, 0.05) is 17.3 Å². The molecule has 0 aliphatic carbocycles. The van der Waals surface area contributed by atoms with Crippen molar-refractivity contribution in [3.63, 3.8) is 0 Å². The number of anilines is 2. The summed E-state index contributed by atoms with van der Waals surface area (Å²) in [6, 6.07) is 16.9. The average molecular weight is 324 g/mol. The van der Waals surface area contributed by atoms with E-state index in [1.165, 1.54) is 0 Å². The molecule has 126 valence electrons. The number of carbonyl (C=O) groups excluding carboxylic acids is 2. The van der Waals surface area contributed by atoms with Crippen LogP contribution in [0.4, 0.5) is 11.4 Å². The van der Waals surface area contributed by atoms with Crippen molar-refractivity contribution in [3.8, 4) is 0 Å². The highest BCUT2D eigenvalue weighted by atomic mass is 16.2. The molecule has 0 heterocycles. The van der Waals surface area contributed by atoms with Crippen LogP contribution in [-0.2, 0) is 9.59 Å². The zero-order chi connectivity index (χ0) is 17.5. The van der Waals surface area contributed by atoms with Gasteiger partial charge >= 0.3 is 0 Å². The summed E-state index contributed by atoms with van der Waals surface area (Å²) in [6.07, 6.45) is 0.735. The second-order valence-electron chi connectivity index (χ2n) is 6.08. The van der Waals surface area contributed by atoms with Gasteiger partial charge in [0.15, 0.2) is 0 Å². The lowest BCUT2D eigenvalue weighted by molar-refractivity contribution is -0.119. The molecule has 2 amide bonds. The minimum Gasteiger partial charge on any atom is -0.326 e. The number of benzene rings is 2. The zero-order valence-electron chi connectivity index (χ0n) is 14.4. The van der Waals surface area contributed by atoms with Crippen LogP contribution >= 0.6 is 0 Å². The van der Waals surface area contributed by atoms with Gasteiger partial charge in [-0.15, -0.1) is 0 Å². The van der Waals surface area contributed by atoms with E-state index in [0.29, 0.717) is 0 Å². The van der Waals surface area contributed by atoms with E-state index in [1.54, 1.807) is 24.3 Å². The van der Waals surface area contributed by atoms with E-state index in [2.05, 4.69) is 10.6 Å². The van der Waals surface area contributed by atoms with Crippen molar-refractivity contribution < 1.29 is 9.59 Å². The van der Waals surface area contributed by atoms with E-state index < -0.39 is 0 Å². The molecule has 0 fully saturated rings. The van der Waals surface area contributed by atoms with Gasteiger partial charge in [-0.3, -0.25) is 9.59 Å². The summed E-state index contributed by atoms with van der Waals surface area (Å²) < 4.78 is 0. The van der Waals surface area contributed by atoms with E-state index in [9.17, 15) is 9.59 Å². The first kappa shape index (κ1) is 17.7. The fourth-order valence-corrected chi connectivity index (χ4v) is 2.41. The van der Waals surface area contributed by atoms with Gasteiger partial charge in [0.05, 0.1) is 5.92 Å². The first-order valence-corrected chi connectivity index (χ1v) is 8.28. The van der Waals surface area contributed by atoms with E-state index in [4.69, 9.17) is 0 Å². The second-order valence-corrected chi connectivity index (χ2v) is 6.08. The molecule has 0 spiro atoms. The number of hydrogen-bond acceptors (Lipinski definition) is 2. The normalized spacial score (nSPS) is 11.8. The summed E-state index contributed by atoms with van der Waals surface area (Å²) in [5.74, 6) is -0.295. The first-order valence-electron chi connectivity index (χ1n) is 8.28. The van der Waals surface area contributed by atoms with E-state index >= 15 is 0 Å². The van der Waals surface area contributed by atoms with Crippen molar-refractivity contribution in [1.82, 2.24) is 0 Å². The fraction of sp³-hybridized carbons (Fsp3) is 0.300. The maximum absolute atomic E-state index is 12.5. The van der Waals surface area contributed by atoms with Gasteiger partial charge in [-0.05, 0) is 36.2 Å². The van der Waals surface area contributed by atoms with Gasteiger partial charge in [0.25, 0.3) is 0 Å². The Morgan fingerprint density at radius 1 is 0.833 bits per heavy atom. The number of carbonyl (C=O) groups is 2. The minimum absolute atomic E-state index is 0.0253. The predicted molar refractivity (Wildman–Crippen MR) is 98.0 cm³/mol. The SMILES string of the molecule is CCC(C(=O)Nc1ccc(NC(=O)C(C)C)cc1)c1ccccc1. The summed E-state index contributed by atoms with van der Waals surface area (Å²) in [5.41, 5.74) is 2.46. The summed E-state index contributed by atoms with van der Waals surface area (Å²) in [4.78, 5) is 24.2. The third-order valence-electron chi connectivity index (χ3n) is 3.87. The third-order valence-corrected chi connectivity index (χ3v) is 3.87. The summed E-state index contributed by atoms with van der Waals surface area (Å²) in [6.45, 7) is 5.69. The number of hydrogen-bond donors (Lipinski definition) is 2. The Balaban J connectivity index is 2.02. The molecule has 0 saturated carbocycles. The van der Waals surface area contributed by atoms with Crippen LogP contribution in [0.15, 0.2) is 54.6 Å². The quantitative estimate of drug-likeness (QED) is 0.826. The molecule has 24 heavy (non-hydrogen) atoms. The topological polar surface area (TPSA) is 58.2 Å². The van der Waals surface area contributed by atoms with Crippen molar-refractivity contribution in [2.45, 2.75) is 33.1 Å². The first-order chi connectivity index (χ1) is 11.5. The molecule has 2 rings (SSSR count). The number of nitrogens with one attached hydrogen (secondary N) is 2. The van der Waals surface area contributed by atoms with Crippen LogP contribution in [0, 0.1) is 5.92 Å². The van der Waals surface area contributed by atoms with Crippen LogP contribution in [-0.4, -0.2) is 11.8 Å². The standard InChI is InChI=1S/C20H24N2O2/c1-4-18(15-8-6-5-7-9-15)20(24)22-17-12-10-16(11-13-17)21-19(23)14(2)3/h5-14,18H,4H2,1-3H3,(H,21,23)(H,22,24). The molecule has 0 aromatic heterocycles. The van der Waals surface area contributed by atoms with Crippen molar-refractivity contribution in [3.05, 3.63) is 60.2 Å². The highest BCUT2D eigenvalue weighted by molar-refractivity contribution is 5.96. The van der Waals surface area contributed by atoms with E-state index in [0.717, 1.165) is 23.4 Å². The Morgan fingerprint density at radius 3 is 1.79 bits per heavy atom. The van der Waals surface area contributed by atoms with Gasteiger partial charge in [-0.2, -0.15) is 0 Å². The highest BCUT2D eigenvalue weighted by Gasteiger charge is 2.18. The van der Waals surface area contributed by atoms with Crippen molar-refractivity contribution in [2.24, 2.45) is 5.92 Å². The Labute approximate surface area is 143 Å². The maximum Gasteiger partial charge on any atom is 0.231 e. The monoisotopic (exact) mass is 324 g/mol. The molecule has 2 aromatic carbocycles. The summed E-state index contributed by atoms with van der Waals surface area (Å²) in [7, 11) is 0. The van der Waals surface area contributed by atoms with Gasteiger partial charge < -0.3 is 10.6 Å². The Kier molecular flexibility index (Phi) is 6.13. The molecule has 2 aromatic rings. The van der Waals surface area contributed by atoms with Crippen LogP contribution in [0.3, 0.4) is 0 Å². The molecule has 4 heteroatoms. The lowest BCUT2D eigenvalue weighted by Crippen LogP contribution is -2.21. The molecule has 0 saturated heterocycles. The molecular formula is C20H24N2O2. The van der Waals surface area contributed by atoms with Gasteiger partial charge in [-0.25, -0.2) is 0 Å². The van der Waals surface area contributed by atoms with E-state index in [1.807, 2.05) is 51.1 Å². The van der Waals surface area contributed by atoms with Crippen LogP contribution in [0.5, 0.6) is 0 Å². The van der Waals surface area contributed by atoms with Crippen LogP contribution in [0.2, 0.25) is 0 Å². The molecule has 4 nitrogen and oxygen atoms in total. The molecule has 0 bridgehead atoms. The molecule has 1 atom stereocenters. The van der Waals surface area contributed by atoms with Gasteiger partial charge in [0.1, 0.15) is 0 Å². The molecular weight excluding hydrogens is 300 g/mol. The van der Waals surface area contributed by atoms with Crippen molar-refractivity contribution in [1.29, 1.82) is 0 Å². The smallest absolute Gasteiger partial charge is 0.231 e. The Hall–Kier alpha value is -2.62. The van der Waals surface area contributed by atoms with Crippen LogP contribution in [0.1, 0.15) is 38.7 Å². The molecule has 1 unspecified atom stereocenters. The van der Waals surface area contributed by atoms with Crippen LogP contribution in [0.25, 0.3) is 0 Å². The van der Waals surface area contributed by atoms with Crippen molar-refractivity contribution >= 4 is 23.2 Å². The van der Waals surface area contributed by atoms with E-state index in [-0.39, 0.29) is 23.7 Å². The number of rotatable bonds is 6. The zero-order valence-corrected chi connectivity index (χ0v) is 14.4. The largest absolute Gasteiger partial charge is 0.326 e. The summed E-state index contributed by atoms with van der Waals surface area (Å²) >= 11 is 0. The molecule has 2 N–H and O–H groups in total. The molecule has 0 aliphatic rings. The Bertz CT molecular complexity index is 679. The summed E-state index contributed by atoms with van der Waals surface area (Å²) in [5, 5.41) is 5.77. The molecule has 0 aliphatic heterocycles. The van der Waals surface area contributed by atoms with Crippen molar-refractivity contribution in [2.75, 3.05) is 10.6 Å². The number of amides is 2. The minimum atomic E-state index is -0.175. The van der Waals surface area contributed by atoms with Gasteiger partial charge in [-0.1, -0.05) is 51.1 Å². The Morgan fingerprint density at radius 2 is 1.33 bits per heavy atom. The molecule has 0 radical (unpaired) electrons. The predicted octanol–water partition coefficient (Wildman–Crippen LogP) is 4.41. The lowest BCUT2D eigenvalue weighted by atomic mass is 9.95.